The molecule has 6 heteroatoms. The zero-order valence-electron chi connectivity index (χ0n) is 12.0. The average Bonchev–Trinajstić information content (AvgIpc) is 3.03. The number of hydrogen-bond donors (Lipinski definition) is 2. The number of rotatable bonds is 3. The van der Waals surface area contributed by atoms with Gasteiger partial charge in [0.2, 0.25) is 0 Å². The maximum atomic E-state index is 11.9. The van der Waals surface area contributed by atoms with Gasteiger partial charge in [0.15, 0.2) is 0 Å². The SMILES string of the molecule is CN1CCN(c2ccc(NC(=O)c3c[nH]cn3)cc2)CC1. The number of nitrogens with one attached hydrogen (secondary N) is 2. The number of nitrogens with zero attached hydrogens (tertiary/aromatic N) is 3. The highest BCUT2D eigenvalue weighted by atomic mass is 16.1. The fourth-order valence-electron chi connectivity index (χ4n) is 2.40. The average molecular weight is 285 g/mol. The number of aromatic amines is 1. The number of H-pyrrole nitrogens is 1. The van der Waals surface area contributed by atoms with Gasteiger partial charge >= 0.3 is 0 Å². The molecule has 2 heterocycles. The van der Waals surface area contributed by atoms with E-state index in [1.807, 2.05) is 24.3 Å². The molecular formula is C15H19N5O. The highest BCUT2D eigenvalue weighted by Gasteiger charge is 2.14. The molecule has 3 rings (SSSR count). The summed E-state index contributed by atoms with van der Waals surface area (Å²) in [5, 5.41) is 2.83. The zero-order valence-corrected chi connectivity index (χ0v) is 12.0. The monoisotopic (exact) mass is 285 g/mol. The number of carbonyl (C=O) groups is 1. The smallest absolute Gasteiger partial charge is 0.275 e. The maximum absolute atomic E-state index is 11.9. The molecular weight excluding hydrogens is 266 g/mol. The largest absolute Gasteiger partial charge is 0.369 e. The van der Waals surface area contributed by atoms with Gasteiger partial charge in [-0.1, -0.05) is 0 Å². The molecule has 0 unspecified atom stereocenters. The van der Waals surface area contributed by atoms with E-state index in [0.29, 0.717) is 5.69 Å². The second-order valence-electron chi connectivity index (χ2n) is 5.25. The molecule has 0 atom stereocenters. The summed E-state index contributed by atoms with van der Waals surface area (Å²) in [6, 6.07) is 7.95. The first kappa shape index (κ1) is 13.6. The summed E-state index contributed by atoms with van der Waals surface area (Å²) >= 11 is 0. The van der Waals surface area contributed by atoms with Crippen LogP contribution in [0.1, 0.15) is 10.5 Å². The summed E-state index contributed by atoms with van der Waals surface area (Å²) in [5.41, 5.74) is 2.36. The molecule has 2 N–H and O–H groups in total. The lowest BCUT2D eigenvalue weighted by Crippen LogP contribution is -2.44. The third kappa shape index (κ3) is 3.22. The molecule has 1 aromatic heterocycles. The molecule has 6 nitrogen and oxygen atoms in total. The normalized spacial score (nSPS) is 16.0. The summed E-state index contributed by atoms with van der Waals surface area (Å²) in [4.78, 5) is 23.3. The molecule has 2 aromatic rings. The Hall–Kier alpha value is -2.34. The van der Waals surface area contributed by atoms with Gasteiger partial charge in [-0.3, -0.25) is 4.79 Å². The summed E-state index contributed by atoms with van der Waals surface area (Å²) in [7, 11) is 2.14. The number of hydrogen-bond acceptors (Lipinski definition) is 4. The Labute approximate surface area is 123 Å². The predicted octanol–water partition coefficient (Wildman–Crippen LogP) is 1.41. The number of imidazole rings is 1. The van der Waals surface area contributed by atoms with Gasteiger partial charge in [0.05, 0.1) is 6.33 Å². The second-order valence-corrected chi connectivity index (χ2v) is 5.25. The van der Waals surface area contributed by atoms with Crippen LogP contribution in [-0.4, -0.2) is 54.0 Å². The molecule has 0 spiro atoms. The molecule has 0 saturated carbocycles. The number of amides is 1. The molecule has 110 valence electrons. The molecule has 1 saturated heterocycles. The fraction of sp³-hybridized carbons (Fsp3) is 0.333. The van der Waals surface area contributed by atoms with E-state index in [9.17, 15) is 4.79 Å². The number of likely N-dealkylation sites (N-methyl/N-ethyl adjacent to an activating group) is 1. The first-order valence-electron chi connectivity index (χ1n) is 7.06. The highest BCUT2D eigenvalue weighted by Crippen LogP contribution is 2.19. The predicted molar refractivity (Wildman–Crippen MR) is 82.7 cm³/mol. The first-order chi connectivity index (χ1) is 10.2. The van der Waals surface area contributed by atoms with Gasteiger partial charge in [-0.25, -0.2) is 4.98 Å². The maximum Gasteiger partial charge on any atom is 0.275 e. The van der Waals surface area contributed by atoms with Crippen molar-refractivity contribution in [1.29, 1.82) is 0 Å². The molecule has 21 heavy (non-hydrogen) atoms. The molecule has 1 fully saturated rings. The number of aromatic nitrogens is 2. The van der Waals surface area contributed by atoms with Crippen LogP contribution in [0.2, 0.25) is 0 Å². The number of piperazine rings is 1. The van der Waals surface area contributed by atoms with Gasteiger partial charge in [0.1, 0.15) is 5.69 Å². The van der Waals surface area contributed by atoms with Crippen molar-refractivity contribution in [3.63, 3.8) is 0 Å². The van der Waals surface area contributed by atoms with Crippen molar-refractivity contribution in [2.75, 3.05) is 43.4 Å². The van der Waals surface area contributed by atoms with Crippen LogP contribution in [0.4, 0.5) is 11.4 Å². The number of carbonyl (C=O) groups excluding carboxylic acids is 1. The minimum absolute atomic E-state index is 0.205. The van der Waals surface area contributed by atoms with Gasteiger partial charge in [-0.15, -0.1) is 0 Å². The van der Waals surface area contributed by atoms with Crippen LogP contribution < -0.4 is 10.2 Å². The van der Waals surface area contributed by atoms with Crippen molar-refractivity contribution < 1.29 is 4.79 Å². The van der Waals surface area contributed by atoms with Crippen molar-refractivity contribution in [3.05, 3.63) is 42.5 Å². The van der Waals surface area contributed by atoms with Crippen LogP contribution in [0, 0.1) is 0 Å². The van der Waals surface area contributed by atoms with E-state index in [4.69, 9.17) is 0 Å². The summed E-state index contributed by atoms with van der Waals surface area (Å²) in [6.07, 6.45) is 3.07. The third-order valence-corrected chi connectivity index (χ3v) is 3.72. The Morgan fingerprint density at radius 3 is 2.52 bits per heavy atom. The van der Waals surface area contributed by atoms with E-state index in [1.165, 1.54) is 12.0 Å². The lowest BCUT2D eigenvalue weighted by molar-refractivity contribution is 0.102. The van der Waals surface area contributed by atoms with E-state index < -0.39 is 0 Å². The van der Waals surface area contributed by atoms with E-state index in [1.54, 1.807) is 6.20 Å². The second kappa shape index (κ2) is 5.97. The number of anilines is 2. The Bertz CT molecular complexity index is 585. The Balaban J connectivity index is 1.63. The quantitative estimate of drug-likeness (QED) is 0.895. The highest BCUT2D eigenvalue weighted by molar-refractivity contribution is 6.02. The molecule has 1 aliphatic rings. The van der Waals surface area contributed by atoms with Crippen molar-refractivity contribution in [3.8, 4) is 0 Å². The Morgan fingerprint density at radius 1 is 1.19 bits per heavy atom. The lowest BCUT2D eigenvalue weighted by Gasteiger charge is -2.34. The molecule has 1 aliphatic heterocycles. The summed E-state index contributed by atoms with van der Waals surface area (Å²) in [5.74, 6) is -0.205. The standard InChI is InChI=1S/C15H19N5O/c1-19-6-8-20(9-7-19)13-4-2-12(3-5-13)18-15(21)14-10-16-11-17-14/h2-5,10-11H,6-9H2,1H3,(H,16,17)(H,18,21). The minimum Gasteiger partial charge on any atom is -0.369 e. The minimum atomic E-state index is -0.205. The van der Waals surface area contributed by atoms with Crippen LogP contribution in [0.15, 0.2) is 36.8 Å². The Kier molecular flexibility index (Phi) is 3.87. The van der Waals surface area contributed by atoms with Gasteiger partial charge in [-0.05, 0) is 31.3 Å². The van der Waals surface area contributed by atoms with E-state index in [0.717, 1.165) is 31.9 Å². The molecule has 1 amide bonds. The van der Waals surface area contributed by atoms with Gasteiger partial charge < -0.3 is 20.1 Å². The van der Waals surface area contributed by atoms with Crippen LogP contribution in [0.5, 0.6) is 0 Å². The molecule has 1 aromatic carbocycles. The molecule has 0 aliphatic carbocycles. The van der Waals surface area contributed by atoms with Crippen LogP contribution in [-0.2, 0) is 0 Å². The summed E-state index contributed by atoms with van der Waals surface area (Å²) in [6.45, 7) is 4.24. The van der Waals surface area contributed by atoms with Crippen molar-refractivity contribution in [2.45, 2.75) is 0 Å². The molecule has 0 radical (unpaired) electrons. The zero-order chi connectivity index (χ0) is 14.7. The van der Waals surface area contributed by atoms with E-state index in [-0.39, 0.29) is 5.91 Å². The van der Waals surface area contributed by atoms with Crippen molar-refractivity contribution >= 4 is 17.3 Å². The van der Waals surface area contributed by atoms with Crippen LogP contribution in [0.3, 0.4) is 0 Å². The molecule has 0 bridgehead atoms. The van der Waals surface area contributed by atoms with E-state index in [2.05, 4.69) is 32.1 Å². The lowest BCUT2D eigenvalue weighted by atomic mass is 10.2. The van der Waals surface area contributed by atoms with Gasteiger partial charge in [0, 0.05) is 43.8 Å². The Morgan fingerprint density at radius 2 is 1.90 bits per heavy atom. The van der Waals surface area contributed by atoms with E-state index >= 15 is 0 Å². The van der Waals surface area contributed by atoms with Crippen molar-refractivity contribution in [2.24, 2.45) is 0 Å². The first-order valence-corrected chi connectivity index (χ1v) is 7.06. The third-order valence-electron chi connectivity index (χ3n) is 3.72. The fourth-order valence-corrected chi connectivity index (χ4v) is 2.40. The van der Waals surface area contributed by atoms with Crippen LogP contribution >= 0.6 is 0 Å². The topological polar surface area (TPSA) is 64.3 Å². The van der Waals surface area contributed by atoms with Crippen LogP contribution in [0.25, 0.3) is 0 Å². The van der Waals surface area contributed by atoms with Gasteiger partial charge in [0.25, 0.3) is 5.91 Å². The number of benzene rings is 1. The van der Waals surface area contributed by atoms with Crippen molar-refractivity contribution in [1.82, 2.24) is 14.9 Å². The summed E-state index contributed by atoms with van der Waals surface area (Å²) < 4.78 is 0. The van der Waals surface area contributed by atoms with Gasteiger partial charge in [-0.2, -0.15) is 0 Å².